The molecule has 8 heteroatoms. The van der Waals surface area contributed by atoms with Crippen LogP contribution in [0.5, 0.6) is 0 Å². The van der Waals surface area contributed by atoms with E-state index in [4.69, 9.17) is 9.11 Å². The maximum absolute atomic E-state index is 11.3. The second-order valence-electron chi connectivity index (χ2n) is 3.89. The fourth-order valence-electron chi connectivity index (χ4n) is 1.66. The van der Waals surface area contributed by atoms with Gasteiger partial charge in [-0.15, -0.1) is 0 Å². The molecule has 2 N–H and O–H groups in total. The predicted molar refractivity (Wildman–Crippen MR) is 70.3 cm³/mol. The third-order valence-corrected chi connectivity index (χ3v) is 4.21. The zero-order valence-corrected chi connectivity index (χ0v) is 11.5. The summed E-state index contributed by atoms with van der Waals surface area (Å²) >= 11 is 0. The van der Waals surface area contributed by atoms with Gasteiger partial charge in [-0.1, -0.05) is 30.3 Å². The average molecular weight is 313 g/mol. The van der Waals surface area contributed by atoms with E-state index in [9.17, 15) is 16.8 Å². The third kappa shape index (κ3) is 3.05. The Bertz CT molecular complexity index is 839. The van der Waals surface area contributed by atoms with Crippen LogP contribution in [0.2, 0.25) is 0 Å². The van der Waals surface area contributed by atoms with E-state index in [2.05, 4.69) is 6.07 Å². The van der Waals surface area contributed by atoms with Crippen LogP contribution >= 0.6 is 0 Å². The van der Waals surface area contributed by atoms with Gasteiger partial charge in [0.15, 0.2) is 0 Å². The van der Waals surface area contributed by atoms with E-state index in [1.165, 1.54) is 12.1 Å². The minimum atomic E-state index is -4.55. The molecule has 0 aromatic heterocycles. The summed E-state index contributed by atoms with van der Waals surface area (Å²) < 4.78 is 63.0. The molecule has 0 spiro atoms. The van der Waals surface area contributed by atoms with Gasteiger partial charge in [0, 0.05) is 11.6 Å². The van der Waals surface area contributed by atoms with Crippen LogP contribution < -0.4 is 0 Å². The summed E-state index contributed by atoms with van der Waals surface area (Å²) in [6.45, 7) is 0. The van der Waals surface area contributed by atoms with Crippen molar-refractivity contribution in [1.82, 2.24) is 0 Å². The molecule has 0 saturated carbocycles. The quantitative estimate of drug-likeness (QED) is 0.834. The Morgan fingerprint density at radius 1 is 0.900 bits per heavy atom. The van der Waals surface area contributed by atoms with Gasteiger partial charge in [0.1, 0.15) is 9.79 Å². The van der Waals surface area contributed by atoms with E-state index >= 15 is 0 Å². The highest BCUT2D eigenvalue weighted by Gasteiger charge is 2.20. The monoisotopic (exact) mass is 313 g/mol. The Morgan fingerprint density at radius 3 is 2.00 bits per heavy atom. The van der Waals surface area contributed by atoms with Crippen LogP contribution in [-0.2, 0) is 20.2 Å². The largest absolute Gasteiger partial charge is 0.295 e. The van der Waals surface area contributed by atoms with Gasteiger partial charge in [0.2, 0.25) is 0 Å². The van der Waals surface area contributed by atoms with Gasteiger partial charge >= 0.3 is 0 Å². The highest BCUT2D eigenvalue weighted by molar-refractivity contribution is 7.86. The number of hydrogen-bond donors (Lipinski definition) is 2. The molecule has 0 atom stereocenters. The van der Waals surface area contributed by atoms with Gasteiger partial charge < -0.3 is 0 Å². The Balaban J connectivity index is 2.81. The number of benzene rings is 2. The minimum Gasteiger partial charge on any atom is -0.282 e. The lowest BCUT2D eigenvalue weighted by Gasteiger charge is -2.08. The molecule has 0 unspecified atom stereocenters. The van der Waals surface area contributed by atoms with E-state index in [-0.39, 0.29) is 5.56 Å². The molecule has 0 aliphatic carbocycles. The average Bonchev–Trinajstić information content (AvgIpc) is 2.37. The lowest BCUT2D eigenvalue weighted by Crippen LogP contribution is -2.04. The SMILES string of the molecule is O=S(=O)(O)c1[c]cc(S(=O)(=O)O)c(-c2ccccc2)c1. The fraction of sp³-hybridized carbons (Fsp3) is 0. The van der Waals surface area contributed by atoms with Crippen molar-refractivity contribution in [1.29, 1.82) is 0 Å². The highest BCUT2D eigenvalue weighted by atomic mass is 32.2. The molecule has 0 aliphatic rings. The molecule has 0 amide bonds. The summed E-state index contributed by atoms with van der Waals surface area (Å²) in [5, 5.41) is 0. The summed E-state index contributed by atoms with van der Waals surface area (Å²) in [7, 11) is -9.08. The molecule has 0 saturated heterocycles. The maximum atomic E-state index is 11.3. The molecule has 2 aromatic rings. The van der Waals surface area contributed by atoms with Crippen molar-refractivity contribution in [2.24, 2.45) is 0 Å². The van der Waals surface area contributed by atoms with Crippen molar-refractivity contribution in [3.05, 3.63) is 48.5 Å². The molecule has 0 heterocycles. The molecule has 0 bridgehead atoms. The smallest absolute Gasteiger partial charge is 0.282 e. The first-order valence-corrected chi connectivity index (χ1v) is 8.14. The van der Waals surface area contributed by atoms with Gasteiger partial charge in [-0.05, 0) is 17.7 Å². The minimum absolute atomic E-state index is 0.0422. The van der Waals surface area contributed by atoms with Crippen LogP contribution in [0.25, 0.3) is 11.1 Å². The van der Waals surface area contributed by atoms with Gasteiger partial charge in [0.05, 0.1) is 0 Å². The first-order chi connectivity index (χ1) is 9.19. The molecule has 2 rings (SSSR count). The summed E-state index contributed by atoms with van der Waals surface area (Å²) in [4.78, 5) is -1.07. The standard InChI is InChI=1S/C12H9O6S2/c13-19(14,15)10-6-7-12(20(16,17)18)11(8-10)9-4-2-1-3-5-9/h1-5,7-8H,(H,13,14,15)(H,16,17,18). The van der Waals surface area contributed by atoms with Crippen LogP contribution in [0.3, 0.4) is 0 Å². The molecular weight excluding hydrogens is 304 g/mol. The Hall–Kier alpha value is -1.74. The van der Waals surface area contributed by atoms with Gasteiger partial charge in [-0.25, -0.2) is 0 Å². The molecule has 0 fully saturated rings. The van der Waals surface area contributed by atoms with E-state index < -0.39 is 30.0 Å². The first kappa shape index (κ1) is 14.7. The van der Waals surface area contributed by atoms with Crippen molar-refractivity contribution >= 4 is 20.2 Å². The normalized spacial score (nSPS) is 12.3. The van der Waals surface area contributed by atoms with E-state index in [0.717, 1.165) is 12.1 Å². The molecule has 105 valence electrons. The van der Waals surface area contributed by atoms with Crippen molar-refractivity contribution in [2.45, 2.75) is 9.79 Å². The van der Waals surface area contributed by atoms with Crippen molar-refractivity contribution in [3.8, 4) is 11.1 Å². The van der Waals surface area contributed by atoms with E-state index in [0.29, 0.717) is 5.56 Å². The van der Waals surface area contributed by atoms with E-state index in [1.807, 2.05) is 0 Å². The van der Waals surface area contributed by atoms with E-state index in [1.54, 1.807) is 18.2 Å². The zero-order valence-electron chi connectivity index (χ0n) is 9.89. The second kappa shape index (κ2) is 4.98. The molecule has 1 radical (unpaired) electrons. The van der Waals surface area contributed by atoms with Crippen LogP contribution in [0.4, 0.5) is 0 Å². The Labute approximate surface area is 116 Å². The molecule has 20 heavy (non-hydrogen) atoms. The molecule has 6 nitrogen and oxygen atoms in total. The van der Waals surface area contributed by atoms with Gasteiger partial charge in [-0.2, -0.15) is 16.8 Å². The van der Waals surface area contributed by atoms with Crippen molar-refractivity contribution in [3.63, 3.8) is 0 Å². The lowest BCUT2D eigenvalue weighted by atomic mass is 10.1. The van der Waals surface area contributed by atoms with Gasteiger partial charge in [-0.3, -0.25) is 9.11 Å². The maximum Gasteiger partial charge on any atom is 0.295 e. The van der Waals surface area contributed by atoms with Crippen LogP contribution in [-0.4, -0.2) is 25.9 Å². The Kier molecular flexibility index (Phi) is 3.65. The molecule has 0 aliphatic heterocycles. The van der Waals surface area contributed by atoms with Crippen LogP contribution in [0.15, 0.2) is 52.3 Å². The summed E-state index contributed by atoms with van der Waals surface area (Å²) in [5.74, 6) is 0. The summed E-state index contributed by atoms with van der Waals surface area (Å²) in [6, 6.07) is 11.9. The fourth-order valence-corrected chi connectivity index (χ4v) is 2.80. The Morgan fingerprint density at radius 2 is 1.50 bits per heavy atom. The number of rotatable bonds is 3. The van der Waals surface area contributed by atoms with Crippen LogP contribution in [0.1, 0.15) is 0 Å². The highest BCUT2D eigenvalue weighted by Crippen LogP contribution is 2.29. The second-order valence-corrected chi connectivity index (χ2v) is 6.67. The zero-order chi connectivity index (χ0) is 15.0. The lowest BCUT2D eigenvalue weighted by molar-refractivity contribution is 0.478. The van der Waals surface area contributed by atoms with Crippen LogP contribution in [0, 0.1) is 6.07 Å². The van der Waals surface area contributed by atoms with Crippen molar-refractivity contribution < 1.29 is 25.9 Å². The summed E-state index contributed by atoms with van der Waals surface area (Å²) in [5.41, 5.74) is 0.332. The third-order valence-electron chi connectivity index (χ3n) is 2.53. The first-order valence-electron chi connectivity index (χ1n) is 5.26. The topological polar surface area (TPSA) is 109 Å². The summed E-state index contributed by atoms with van der Waals surface area (Å²) in [6.07, 6.45) is 0. The number of hydrogen-bond acceptors (Lipinski definition) is 4. The predicted octanol–water partition coefficient (Wildman–Crippen LogP) is 1.65. The van der Waals surface area contributed by atoms with Crippen molar-refractivity contribution in [2.75, 3.05) is 0 Å². The molecule has 2 aromatic carbocycles. The molecular formula is C12H9O6S2. The van der Waals surface area contributed by atoms with Gasteiger partial charge in [0.25, 0.3) is 20.2 Å².